The van der Waals surface area contributed by atoms with Gasteiger partial charge in [-0.1, -0.05) is 0 Å². The van der Waals surface area contributed by atoms with Crippen molar-refractivity contribution in [3.8, 4) is 0 Å². The summed E-state index contributed by atoms with van der Waals surface area (Å²) >= 11 is 0. The lowest BCUT2D eigenvalue weighted by Crippen LogP contribution is -2.33. The SMILES string of the molecule is Cn1c(=O)[nH]c2nc([N+](=O)[O-])n(CCC3COC(C)(C)O3)c2c1=O. The van der Waals surface area contributed by atoms with Gasteiger partial charge in [-0.05, 0) is 23.8 Å². The van der Waals surface area contributed by atoms with Crippen LogP contribution in [0.1, 0.15) is 20.3 Å². The molecule has 24 heavy (non-hydrogen) atoms. The number of aromatic amines is 1. The van der Waals surface area contributed by atoms with Crippen molar-refractivity contribution >= 4 is 17.1 Å². The van der Waals surface area contributed by atoms with Crippen molar-refractivity contribution in [1.82, 2.24) is 19.1 Å². The summed E-state index contributed by atoms with van der Waals surface area (Å²) in [5.74, 6) is -1.20. The Morgan fingerprint density at radius 2 is 2.17 bits per heavy atom. The molecule has 1 unspecified atom stereocenters. The molecule has 1 fully saturated rings. The number of hydrogen-bond donors (Lipinski definition) is 1. The van der Waals surface area contributed by atoms with E-state index in [9.17, 15) is 19.7 Å². The van der Waals surface area contributed by atoms with Gasteiger partial charge in [0.2, 0.25) is 5.52 Å². The first-order valence-corrected chi connectivity index (χ1v) is 7.35. The summed E-state index contributed by atoms with van der Waals surface area (Å²) in [6.07, 6.45) is 0.154. The van der Waals surface area contributed by atoms with Crippen LogP contribution in [-0.2, 0) is 23.1 Å². The standard InChI is InChI=1S/C13H17N5O6/c1-13(2)23-6-7(24-13)4-5-17-8-9(14-11(17)18(21)22)15-12(20)16(3)10(8)19/h7H,4-6H2,1-3H3,(H,15,20). The Hall–Kier alpha value is -2.53. The van der Waals surface area contributed by atoms with Crippen molar-refractivity contribution < 1.29 is 14.4 Å². The van der Waals surface area contributed by atoms with Crippen molar-refractivity contribution in [2.75, 3.05) is 6.61 Å². The molecule has 0 bridgehead atoms. The van der Waals surface area contributed by atoms with Crippen LogP contribution in [0, 0.1) is 10.1 Å². The van der Waals surface area contributed by atoms with Gasteiger partial charge in [0.15, 0.2) is 5.79 Å². The molecular weight excluding hydrogens is 322 g/mol. The number of nitrogens with one attached hydrogen (secondary N) is 1. The normalized spacial score (nSPS) is 19.9. The van der Waals surface area contributed by atoms with Crippen LogP contribution in [0.5, 0.6) is 0 Å². The highest BCUT2D eigenvalue weighted by Crippen LogP contribution is 2.25. The molecule has 0 aliphatic carbocycles. The van der Waals surface area contributed by atoms with Gasteiger partial charge in [-0.15, -0.1) is 0 Å². The van der Waals surface area contributed by atoms with Crippen molar-refractivity contribution in [3.05, 3.63) is 31.0 Å². The lowest BCUT2D eigenvalue weighted by atomic mass is 10.2. The number of H-pyrrole nitrogens is 1. The van der Waals surface area contributed by atoms with E-state index in [0.717, 1.165) is 4.57 Å². The first-order chi connectivity index (χ1) is 11.2. The zero-order valence-corrected chi connectivity index (χ0v) is 13.4. The van der Waals surface area contributed by atoms with Crippen LogP contribution >= 0.6 is 0 Å². The van der Waals surface area contributed by atoms with Crippen LogP contribution in [0.4, 0.5) is 5.95 Å². The Kier molecular flexibility index (Phi) is 3.76. The summed E-state index contributed by atoms with van der Waals surface area (Å²) in [6, 6.07) is 0. The van der Waals surface area contributed by atoms with Gasteiger partial charge in [0, 0.05) is 13.5 Å². The minimum absolute atomic E-state index is 0.0121. The van der Waals surface area contributed by atoms with Gasteiger partial charge in [0.1, 0.15) is 0 Å². The number of imidazole rings is 1. The molecule has 1 saturated heterocycles. The summed E-state index contributed by atoms with van der Waals surface area (Å²) in [6.45, 7) is 4.06. The van der Waals surface area contributed by atoms with E-state index >= 15 is 0 Å². The van der Waals surface area contributed by atoms with E-state index in [-0.39, 0.29) is 23.8 Å². The Balaban J connectivity index is 2.01. The predicted octanol–water partition coefficient (Wildman–Crippen LogP) is -0.127. The van der Waals surface area contributed by atoms with Crippen molar-refractivity contribution in [2.24, 2.45) is 7.05 Å². The Bertz CT molecular complexity index is 923. The quantitative estimate of drug-likeness (QED) is 0.605. The van der Waals surface area contributed by atoms with E-state index in [1.165, 1.54) is 11.6 Å². The molecular formula is C13H17N5O6. The van der Waals surface area contributed by atoms with Crippen LogP contribution in [0.2, 0.25) is 0 Å². The second kappa shape index (κ2) is 5.53. The summed E-state index contributed by atoms with van der Waals surface area (Å²) in [4.78, 5) is 40.6. The highest BCUT2D eigenvalue weighted by molar-refractivity contribution is 5.71. The Labute approximate surface area is 135 Å². The second-order valence-corrected chi connectivity index (χ2v) is 6.05. The van der Waals surface area contributed by atoms with E-state index in [0.29, 0.717) is 13.0 Å². The molecule has 0 spiro atoms. The minimum Gasteiger partial charge on any atom is -0.390 e. The third kappa shape index (κ3) is 2.71. The molecule has 2 aromatic rings. The number of ether oxygens (including phenoxy) is 2. The summed E-state index contributed by atoms with van der Waals surface area (Å²) in [7, 11) is 1.29. The molecule has 2 aromatic heterocycles. The molecule has 1 aliphatic rings. The first kappa shape index (κ1) is 16.3. The summed E-state index contributed by atoms with van der Waals surface area (Å²) in [5.41, 5.74) is -1.43. The molecule has 1 N–H and O–H groups in total. The number of rotatable bonds is 4. The maximum absolute atomic E-state index is 12.3. The monoisotopic (exact) mass is 339 g/mol. The second-order valence-electron chi connectivity index (χ2n) is 6.05. The van der Waals surface area contributed by atoms with Crippen molar-refractivity contribution in [3.63, 3.8) is 0 Å². The lowest BCUT2D eigenvalue weighted by Gasteiger charge is -2.16. The van der Waals surface area contributed by atoms with Crippen molar-refractivity contribution in [2.45, 2.75) is 38.7 Å². The van der Waals surface area contributed by atoms with Gasteiger partial charge in [0.05, 0.1) is 19.3 Å². The van der Waals surface area contributed by atoms with E-state index < -0.39 is 27.9 Å². The third-order valence-electron chi connectivity index (χ3n) is 3.89. The molecule has 0 saturated carbocycles. The fourth-order valence-corrected chi connectivity index (χ4v) is 2.71. The highest BCUT2D eigenvalue weighted by Gasteiger charge is 2.34. The van der Waals surface area contributed by atoms with Gasteiger partial charge < -0.3 is 19.6 Å². The van der Waals surface area contributed by atoms with E-state index in [1.807, 2.05) is 0 Å². The number of nitrogens with zero attached hydrogens (tertiary/aromatic N) is 4. The van der Waals surface area contributed by atoms with E-state index in [2.05, 4.69) is 9.97 Å². The number of nitro groups is 1. The average molecular weight is 339 g/mol. The van der Waals surface area contributed by atoms with Gasteiger partial charge in [-0.2, -0.15) is 0 Å². The smallest absolute Gasteiger partial charge is 0.390 e. The van der Waals surface area contributed by atoms with Crippen LogP contribution in [0.25, 0.3) is 11.2 Å². The Morgan fingerprint density at radius 1 is 1.46 bits per heavy atom. The fraction of sp³-hybridized carbons (Fsp3) is 0.615. The predicted molar refractivity (Wildman–Crippen MR) is 81.8 cm³/mol. The van der Waals surface area contributed by atoms with E-state index in [4.69, 9.17) is 9.47 Å². The maximum Gasteiger partial charge on any atom is 0.437 e. The Morgan fingerprint density at radius 3 is 2.75 bits per heavy atom. The molecule has 0 aromatic carbocycles. The molecule has 1 atom stereocenters. The van der Waals surface area contributed by atoms with Crippen LogP contribution in [-0.4, -0.2) is 42.5 Å². The number of aryl methyl sites for hydroxylation is 1. The molecule has 130 valence electrons. The molecule has 11 heteroatoms. The largest absolute Gasteiger partial charge is 0.437 e. The van der Waals surface area contributed by atoms with Gasteiger partial charge in [-0.3, -0.25) is 14.3 Å². The number of fused-ring (bicyclic) bond motifs is 1. The zero-order valence-electron chi connectivity index (χ0n) is 13.4. The highest BCUT2D eigenvalue weighted by atomic mass is 16.7. The lowest BCUT2D eigenvalue weighted by molar-refractivity contribution is -0.396. The average Bonchev–Trinajstić information content (AvgIpc) is 3.02. The fourth-order valence-electron chi connectivity index (χ4n) is 2.71. The molecule has 11 nitrogen and oxygen atoms in total. The van der Waals surface area contributed by atoms with Crippen LogP contribution in [0.3, 0.4) is 0 Å². The summed E-state index contributed by atoms with van der Waals surface area (Å²) in [5, 5.41) is 11.2. The van der Waals surface area contributed by atoms with Crippen LogP contribution < -0.4 is 11.2 Å². The molecule has 3 heterocycles. The van der Waals surface area contributed by atoms with Crippen molar-refractivity contribution in [1.29, 1.82) is 0 Å². The number of aromatic nitrogens is 4. The molecule has 1 aliphatic heterocycles. The first-order valence-electron chi connectivity index (χ1n) is 7.35. The minimum atomic E-state index is -0.699. The van der Waals surface area contributed by atoms with Gasteiger partial charge in [-0.25, -0.2) is 9.36 Å². The summed E-state index contributed by atoms with van der Waals surface area (Å²) < 4.78 is 13.2. The molecule has 3 rings (SSSR count). The molecule has 0 radical (unpaired) electrons. The van der Waals surface area contributed by atoms with E-state index in [1.54, 1.807) is 13.8 Å². The van der Waals surface area contributed by atoms with Gasteiger partial charge in [0.25, 0.3) is 11.2 Å². The third-order valence-corrected chi connectivity index (χ3v) is 3.89. The topological polar surface area (TPSA) is 134 Å². The number of hydrogen-bond acceptors (Lipinski definition) is 7. The van der Waals surface area contributed by atoms with Gasteiger partial charge >= 0.3 is 11.6 Å². The van der Waals surface area contributed by atoms with Crippen LogP contribution in [0.15, 0.2) is 9.59 Å². The zero-order chi connectivity index (χ0) is 17.6. The maximum atomic E-state index is 12.3. The molecule has 0 amide bonds.